The third-order valence-corrected chi connectivity index (χ3v) is 2.03. The molecule has 0 bridgehead atoms. The molecule has 0 aromatic rings. The highest BCUT2D eigenvalue weighted by Gasteiger charge is 2.44. The first-order valence-corrected chi connectivity index (χ1v) is 3.67. The zero-order chi connectivity index (χ0) is 9.30. The van der Waals surface area contributed by atoms with E-state index in [1.165, 1.54) is 7.11 Å². The van der Waals surface area contributed by atoms with Gasteiger partial charge in [-0.2, -0.15) is 0 Å². The maximum atomic E-state index is 10.5. The van der Waals surface area contributed by atoms with Crippen molar-refractivity contribution < 1.29 is 24.5 Å². The Bertz CT molecular complexity index is 181. The largest absolute Gasteiger partial charge is 0.479 e. The minimum atomic E-state index is -1.16. The number of ether oxygens (including phenoxy) is 2. The number of methoxy groups -OCH3 is 1. The molecule has 0 aromatic heterocycles. The van der Waals surface area contributed by atoms with Crippen molar-refractivity contribution in [3.05, 3.63) is 0 Å². The summed E-state index contributed by atoms with van der Waals surface area (Å²) in [5, 5.41) is 17.9. The molecule has 4 atom stereocenters. The second-order valence-corrected chi connectivity index (χ2v) is 2.85. The van der Waals surface area contributed by atoms with Gasteiger partial charge in [0.25, 0.3) is 0 Å². The summed E-state index contributed by atoms with van der Waals surface area (Å²) in [5.41, 5.74) is 0. The Morgan fingerprint density at radius 1 is 1.58 bits per heavy atom. The van der Waals surface area contributed by atoms with E-state index in [4.69, 9.17) is 14.6 Å². The van der Waals surface area contributed by atoms with Gasteiger partial charge in [0.2, 0.25) is 0 Å². The van der Waals surface area contributed by atoms with Crippen LogP contribution in [0, 0.1) is 5.92 Å². The Balaban J connectivity index is 2.66. The van der Waals surface area contributed by atoms with Gasteiger partial charge in [0, 0.05) is 13.0 Å². The fourth-order valence-electron chi connectivity index (χ4n) is 1.26. The van der Waals surface area contributed by atoms with E-state index in [-0.39, 0.29) is 5.92 Å². The second kappa shape index (κ2) is 3.38. The van der Waals surface area contributed by atoms with Crippen molar-refractivity contribution in [2.24, 2.45) is 5.92 Å². The first-order chi connectivity index (χ1) is 5.57. The number of carboxylic acid groups (broad SMARTS) is 1. The fourth-order valence-corrected chi connectivity index (χ4v) is 1.26. The Hall–Kier alpha value is -0.650. The van der Waals surface area contributed by atoms with Gasteiger partial charge in [-0.15, -0.1) is 0 Å². The number of aliphatic hydroxyl groups is 1. The van der Waals surface area contributed by atoms with Crippen LogP contribution < -0.4 is 0 Å². The molecule has 1 aliphatic heterocycles. The summed E-state index contributed by atoms with van der Waals surface area (Å²) in [6.07, 6.45) is -2.78. The maximum absolute atomic E-state index is 10.5. The van der Waals surface area contributed by atoms with Crippen LogP contribution >= 0.6 is 0 Å². The lowest BCUT2D eigenvalue weighted by atomic mass is 10.0. The topological polar surface area (TPSA) is 76.0 Å². The van der Waals surface area contributed by atoms with E-state index in [1.807, 2.05) is 0 Å². The molecule has 1 aliphatic rings. The van der Waals surface area contributed by atoms with Crippen LogP contribution in [0.3, 0.4) is 0 Å². The molecule has 0 saturated carbocycles. The summed E-state index contributed by atoms with van der Waals surface area (Å²) in [6, 6.07) is 0. The van der Waals surface area contributed by atoms with Gasteiger partial charge in [-0.05, 0) is 0 Å². The third kappa shape index (κ3) is 1.43. The number of carbonyl (C=O) groups is 1. The lowest BCUT2D eigenvalue weighted by molar-refractivity contribution is -0.168. The Morgan fingerprint density at radius 3 is 2.42 bits per heavy atom. The molecule has 0 aliphatic carbocycles. The van der Waals surface area contributed by atoms with Gasteiger partial charge in [-0.1, -0.05) is 6.92 Å². The molecule has 0 aromatic carbocycles. The van der Waals surface area contributed by atoms with Crippen molar-refractivity contribution in [2.75, 3.05) is 7.11 Å². The van der Waals surface area contributed by atoms with Crippen molar-refractivity contribution in [2.45, 2.75) is 25.4 Å². The predicted molar refractivity (Wildman–Crippen MR) is 38.5 cm³/mol. The molecule has 0 amide bonds. The van der Waals surface area contributed by atoms with Crippen LogP contribution in [-0.2, 0) is 14.3 Å². The molecule has 1 heterocycles. The Morgan fingerprint density at radius 2 is 2.17 bits per heavy atom. The van der Waals surface area contributed by atoms with E-state index in [0.717, 1.165) is 0 Å². The van der Waals surface area contributed by atoms with Gasteiger partial charge >= 0.3 is 5.97 Å². The van der Waals surface area contributed by atoms with Crippen molar-refractivity contribution in [3.8, 4) is 0 Å². The normalized spacial score (nSPS) is 41.6. The van der Waals surface area contributed by atoms with Gasteiger partial charge < -0.3 is 19.7 Å². The molecular formula is C7H12O5. The zero-order valence-electron chi connectivity index (χ0n) is 6.93. The van der Waals surface area contributed by atoms with Crippen LogP contribution in [0.5, 0.6) is 0 Å². The van der Waals surface area contributed by atoms with Crippen LogP contribution in [0.15, 0.2) is 0 Å². The zero-order valence-corrected chi connectivity index (χ0v) is 6.93. The fraction of sp³-hybridized carbons (Fsp3) is 0.857. The summed E-state index contributed by atoms with van der Waals surface area (Å²) in [4.78, 5) is 10.5. The molecular weight excluding hydrogens is 164 g/mol. The van der Waals surface area contributed by atoms with Crippen molar-refractivity contribution >= 4 is 5.97 Å². The smallest absolute Gasteiger partial charge is 0.335 e. The first-order valence-electron chi connectivity index (χ1n) is 3.67. The average molecular weight is 176 g/mol. The van der Waals surface area contributed by atoms with E-state index in [0.29, 0.717) is 0 Å². The van der Waals surface area contributed by atoms with Gasteiger partial charge in [-0.3, -0.25) is 0 Å². The highest BCUT2D eigenvalue weighted by molar-refractivity contribution is 5.73. The third-order valence-electron chi connectivity index (χ3n) is 2.03. The van der Waals surface area contributed by atoms with Gasteiger partial charge in [0.1, 0.15) is 0 Å². The van der Waals surface area contributed by atoms with Gasteiger partial charge in [0.05, 0.1) is 6.10 Å². The number of rotatable bonds is 2. The van der Waals surface area contributed by atoms with E-state index >= 15 is 0 Å². The molecule has 2 N–H and O–H groups in total. The SMILES string of the molecule is COC1OC(C(=O)O)C(O)[C@@H]1C. The number of hydrogen-bond acceptors (Lipinski definition) is 4. The summed E-state index contributed by atoms with van der Waals surface area (Å²) in [7, 11) is 1.41. The lowest BCUT2D eigenvalue weighted by Crippen LogP contribution is -2.32. The Labute approximate surface area is 69.9 Å². The minimum absolute atomic E-state index is 0.309. The molecule has 0 radical (unpaired) electrons. The monoisotopic (exact) mass is 176 g/mol. The van der Waals surface area contributed by atoms with Crippen LogP contribution in [0.25, 0.3) is 0 Å². The summed E-state index contributed by atoms with van der Waals surface area (Å²) in [5.74, 6) is -1.47. The number of carboxylic acids is 1. The van der Waals surface area contributed by atoms with Crippen LogP contribution in [-0.4, -0.2) is 41.8 Å². The van der Waals surface area contributed by atoms with Crippen LogP contribution in [0.4, 0.5) is 0 Å². The average Bonchev–Trinajstić information content (AvgIpc) is 2.30. The molecule has 12 heavy (non-hydrogen) atoms. The molecule has 1 fully saturated rings. The molecule has 5 nitrogen and oxygen atoms in total. The molecule has 70 valence electrons. The summed E-state index contributed by atoms with van der Waals surface area (Å²) in [6.45, 7) is 1.68. The van der Waals surface area contributed by atoms with Gasteiger partial charge in [0.15, 0.2) is 12.4 Å². The highest BCUT2D eigenvalue weighted by Crippen LogP contribution is 2.26. The molecule has 1 saturated heterocycles. The number of aliphatic carboxylic acids is 1. The van der Waals surface area contributed by atoms with Crippen molar-refractivity contribution in [1.82, 2.24) is 0 Å². The van der Waals surface area contributed by atoms with E-state index in [1.54, 1.807) is 6.92 Å². The lowest BCUT2D eigenvalue weighted by Gasteiger charge is -2.12. The predicted octanol–water partition coefficient (Wildman–Crippen LogP) is -0.561. The minimum Gasteiger partial charge on any atom is -0.479 e. The summed E-state index contributed by atoms with van der Waals surface area (Å²) >= 11 is 0. The first kappa shape index (κ1) is 9.44. The second-order valence-electron chi connectivity index (χ2n) is 2.85. The van der Waals surface area contributed by atoms with E-state index in [9.17, 15) is 9.90 Å². The van der Waals surface area contributed by atoms with E-state index in [2.05, 4.69) is 0 Å². The Kier molecular flexibility index (Phi) is 2.66. The molecule has 0 spiro atoms. The van der Waals surface area contributed by atoms with Crippen LogP contribution in [0.1, 0.15) is 6.92 Å². The summed E-state index contributed by atoms with van der Waals surface area (Å²) < 4.78 is 9.75. The standard InChI is InChI=1S/C7H12O5/c1-3-4(8)5(6(9)10)12-7(3)11-2/h3-5,7-8H,1-2H3,(H,9,10)/t3-,4?,5?,7?/m0/s1. The molecule has 3 unspecified atom stereocenters. The molecule has 5 heteroatoms. The molecule has 1 rings (SSSR count). The van der Waals surface area contributed by atoms with Gasteiger partial charge in [-0.25, -0.2) is 4.79 Å². The number of hydrogen-bond donors (Lipinski definition) is 2. The highest BCUT2D eigenvalue weighted by atomic mass is 16.7. The van der Waals surface area contributed by atoms with Crippen LogP contribution in [0.2, 0.25) is 0 Å². The van der Waals surface area contributed by atoms with E-state index < -0.39 is 24.5 Å². The number of aliphatic hydroxyl groups excluding tert-OH is 1. The van der Waals surface area contributed by atoms with Crippen molar-refractivity contribution in [3.63, 3.8) is 0 Å². The quantitative estimate of drug-likeness (QED) is 0.589. The van der Waals surface area contributed by atoms with Crippen molar-refractivity contribution in [1.29, 1.82) is 0 Å². The maximum Gasteiger partial charge on any atom is 0.335 e.